The summed E-state index contributed by atoms with van der Waals surface area (Å²) in [6.07, 6.45) is 1.75. The van der Waals surface area contributed by atoms with Crippen LogP contribution in [0.3, 0.4) is 0 Å². The summed E-state index contributed by atoms with van der Waals surface area (Å²) in [5, 5.41) is 0. The van der Waals surface area contributed by atoms with E-state index in [0.29, 0.717) is 29.5 Å². The minimum atomic E-state index is -4.37. The van der Waals surface area contributed by atoms with Crippen LogP contribution in [0, 0.1) is 12.8 Å². The summed E-state index contributed by atoms with van der Waals surface area (Å²) in [4.78, 5) is 20.0. The molecule has 0 N–H and O–H groups in total. The smallest absolute Gasteiger partial charge is 0.323 e. The van der Waals surface area contributed by atoms with E-state index in [1.807, 2.05) is 6.92 Å². The molecule has 0 bridgehead atoms. The second-order valence-corrected chi connectivity index (χ2v) is 8.37. The number of hydrogen-bond donors (Lipinski definition) is 0. The number of amides is 2. The highest BCUT2D eigenvalue weighted by atomic mass is 32.1. The monoisotopic (exact) mass is 411 g/mol. The molecule has 2 heterocycles. The molecule has 1 aromatic carbocycles. The molecule has 0 unspecified atom stereocenters. The Hall–Kier alpha value is -2.09. The van der Waals surface area contributed by atoms with E-state index in [9.17, 15) is 18.0 Å². The molecule has 1 aliphatic rings. The maximum Gasteiger partial charge on any atom is 0.416 e. The summed E-state index contributed by atoms with van der Waals surface area (Å²) < 4.78 is 40.0. The third kappa shape index (κ3) is 4.84. The van der Waals surface area contributed by atoms with E-state index in [4.69, 9.17) is 0 Å². The highest BCUT2D eigenvalue weighted by Gasteiger charge is 2.30. The highest BCUT2D eigenvalue weighted by molar-refractivity contribution is 7.09. The van der Waals surface area contributed by atoms with Crippen LogP contribution in [0.4, 0.5) is 18.0 Å². The molecule has 1 saturated heterocycles. The van der Waals surface area contributed by atoms with E-state index in [1.54, 1.807) is 15.7 Å². The van der Waals surface area contributed by atoms with Gasteiger partial charge in [0.1, 0.15) is 0 Å². The van der Waals surface area contributed by atoms with E-state index < -0.39 is 11.7 Å². The van der Waals surface area contributed by atoms with Gasteiger partial charge in [-0.1, -0.05) is 19.8 Å². The van der Waals surface area contributed by atoms with Crippen molar-refractivity contribution in [2.24, 2.45) is 10.9 Å². The van der Waals surface area contributed by atoms with Crippen molar-refractivity contribution < 1.29 is 18.0 Å². The molecular weight excluding hydrogens is 387 g/mol. The quantitative estimate of drug-likeness (QED) is 0.666. The average Bonchev–Trinajstić information content (AvgIpc) is 3.02. The molecule has 28 heavy (non-hydrogen) atoms. The standard InChI is InChI=1S/C20H24F3N3OS/c1-3-4-15-9-11-25(12-10-15)18(27)24-19-26(13-14(2)28-19)17-7-5-16(6-8-17)20(21,22)23/h5-8,13,15H,3-4,9-12H2,1-2H3. The first-order chi connectivity index (χ1) is 13.3. The van der Waals surface area contributed by atoms with Crippen molar-refractivity contribution in [3.8, 4) is 5.69 Å². The zero-order chi connectivity index (χ0) is 20.3. The Morgan fingerprint density at radius 1 is 1.21 bits per heavy atom. The average molecular weight is 411 g/mol. The number of alkyl halides is 3. The van der Waals surface area contributed by atoms with Gasteiger partial charge in [-0.2, -0.15) is 18.2 Å². The summed E-state index contributed by atoms with van der Waals surface area (Å²) in [5.74, 6) is 0.676. The zero-order valence-corrected chi connectivity index (χ0v) is 16.8. The first-order valence-electron chi connectivity index (χ1n) is 9.48. The number of aromatic nitrogens is 1. The Bertz CT molecular complexity index is 875. The first-order valence-corrected chi connectivity index (χ1v) is 10.3. The molecule has 0 atom stereocenters. The number of aryl methyl sites for hydroxylation is 1. The van der Waals surface area contributed by atoms with Crippen molar-refractivity contribution in [3.63, 3.8) is 0 Å². The predicted molar refractivity (Wildman–Crippen MR) is 104 cm³/mol. The van der Waals surface area contributed by atoms with E-state index in [0.717, 1.165) is 36.3 Å². The van der Waals surface area contributed by atoms with E-state index >= 15 is 0 Å². The lowest BCUT2D eigenvalue weighted by molar-refractivity contribution is -0.137. The van der Waals surface area contributed by atoms with Crippen LogP contribution in [0.25, 0.3) is 5.69 Å². The zero-order valence-electron chi connectivity index (χ0n) is 16.0. The number of nitrogens with zero attached hydrogens (tertiary/aromatic N) is 3. The van der Waals surface area contributed by atoms with Crippen LogP contribution < -0.4 is 4.80 Å². The molecule has 0 radical (unpaired) electrons. The van der Waals surface area contributed by atoms with Gasteiger partial charge in [-0.15, -0.1) is 11.3 Å². The summed E-state index contributed by atoms with van der Waals surface area (Å²) in [5.41, 5.74) is -0.154. The highest BCUT2D eigenvalue weighted by Crippen LogP contribution is 2.29. The van der Waals surface area contributed by atoms with Crippen LogP contribution in [0.1, 0.15) is 43.0 Å². The van der Waals surface area contributed by atoms with Crippen LogP contribution >= 0.6 is 11.3 Å². The molecule has 3 rings (SSSR count). The molecule has 4 nitrogen and oxygen atoms in total. The van der Waals surface area contributed by atoms with Crippen LogP contribution in [-0.4, -0.2) is 28.6 Å². The number of halogens is 3. The fraction of sp³-hybridized carbons (Fsp3) is 0.500. The number of carbonyl (C=O) groups is 1. The largest absolute Gasteiger partial charge is 0.416 e. The van der Waals surface area contributed by atoms with Gasteiger partial charge in [-0.25, -0.2) is 4.79 Å². The second-order valence-electron chi connectivity index (χ2n) is 7.15. The third-order valence-electron chi connectivity index (χ3n) is 5.02. The van der Waals surface area contributed by atoms with Crippen molar-refractivity contribution in [1.29, 1.82) is 0 Å². The number of hydrogen-bond acceptors (Lipinski definition) is 2. The number of piperidine rings is 1. The third-order valence-corrected chi connectivity index (χ3v) is 5.91. The molecule has 2 amide bonds. The number of likely N-dealkylation sites (tertiary alicyclic amines) is 1. The Balaban J connectivity index is 1.81. The Morgan fingerprint density at radius 3 is 2.43 bits per heavy atom. The second kappa shape index (κ2) is 8.51. The maximum atomic E-state index is 12.8. The van der Waals surface area contributed by atoms with Gasteiger partial charge < -0.3 is 4.90 Å². The Morgan fingerprint density at radius 2 is 1.86 bits per heavy atom. The SMILES string of the molecule is CCCC1CCN(C(=O)N=c2sc(C)cn2-c2ccc(C(F)(F)F)cc2)CC1. The molecule has 1 aromatic heterocycles. The van der Waals surface area contributed by atoms with Crippen molar-refractivity contribution >= 4 is 17.4 Å². The van der Waals surface area contributed by atoms with Gasteiger partial charge in [0.15, 0.2) is 4.80 Å². The lowest BCUT2D eigenvalue weighted by Crippen LogP contribution is -2.37. The minimum Gasteiger partial charge on any atom is -0.323 e. The number of rotatable bonds is 3. The van der Waals surface area contributed by atoms with Gasteiger partial charge in [-0.3, -0.25) is 4.57 Å². The summed E-state index contributed by atoms with van der Waals surface area (Å²) in [7, 11) is 0. The topological polar surface area (TPSA) is 37.6 Å². The lowest BCUT2D eigenvalue weighted by atomic mass is 9.93. The van der Waals surface area contributed by atoms with Gasteiger partial charge in [0.2, 0.25) is 0 Å². The lowest BCUT2D eigenvalue weighted by Gasteiger charge is -2.30. The number of benzene rings is 1. The predicted octanol–water partition coefficient (Wildman–Crippen LogP) is 5.40. The molecule has 1 fully saturated rings. The Kier molecular flexibility index (Phi) is 6.27. The van der Waals surface area contributed by atoms with Gasteiger partial charge in [-0.05, 0) is 49.9 Å². The van der Waals surface area contributed by atoms with Crippen LogP contribution in [0.15, 0.2) is 35.5 Å². The molecule has 0 saturated carbocycles. The number of urea groups is 1. The molecule has 152 valence electrons. The van der Waals surface area contributed by atoms with E-state index in [-0.39, 0.29) is 6.03 Å². The van der Waals surface area contributed by atoms with Crippen molar-refractivity contribution in [1.82, 2.24) is 9.47 Å². The summed E-state index contributed by atoms with van der Waals surface area (Å²) >= 11 is 1.35. The first kappa shape index (κ1) is 20.6. The van der Waals surface area contributed by atoms with Gasteiger partial charge in [0.05, 0.1) is 5.56 Å². The Labute approximate surface area is 166 Å². The van der Waals surface area contributed by atoms with Crippen LogP contribution in [-0.2, 0) is 6.18 Å². The van der Waals surface area contributed by atoms with Crippen molar-refractivity contribution in [3.05, 3.63) is 45.7 Å². The molecular formula is C20H24F3N3OS. The molecule has 8 heteroatoms. The maximum absolute atomic E-state index is 12.8. The fourth-order valence-electron chi connectivity index (χ4n) is 3.50. The van der Waals surface area contributed by atoms with Crippen molar-refractivity contribution in [2.75, 3.05) is 13.1 Å². The van der Waals surface area contributed by atoms with Gasteiger partial charge in [0.25, 0.3) is 0 Å². The number of thiazole rings is 1. The van der Waals surface area contributed by atoms with Crippen molar-refractivity contribution in [2.45, 2.75) is 45.7 Å². The summed E-state index contributed by atoms with van der Waals surface area (Å²) in [6.45, 7) is 5.46. The summed E-state index contributed by atoms with van der Waals surface area (Å²) in [6, 6.07) is 4.60. The van der Waals surface area contributed by atoms with Gasteiger partial charge >= 0.3 is 12.2 Å². The minimum absolute atomic E-state index is 0.280. The van der Waals surface area contributed by atoms with Crippen LogP contribution in [0.2, 0.25) is 0 Å². The molecule has 0 spiro atoms. The van der Waals surface area contributed by atoms with E-state index in [1.165, 1.54) is 29.9 Å². The molecule has 0 aliphatic carbocycles. The van der Waals surface area contributed by atoms with Crippen LogP contribution in [0.5, 0.6) is 0 Å². The molecule has 2 aromatic rings. The van der Waals surface area contributed by atoms with E-state index in [2.05, 4.69) is 11.9 Å². The fourth-order valence-corrected chi connectivity index (χ4v) is 4.33. The number of carbonyl (C=O) groups excluding carboxylic acids is 1. The molecule has 1 aliphatic heterocycles. The van der Waals surface area contributed by atoms with Gasteiger partial charge in [0, 0.05) is 29.9 Å². The normalized spacial score (nSPS) is 16.6.